The van der Waals surface area contributed by atoms with Gasteiger partial charge < -0.3 is 16.4 Å². The highest BCUT2D eigenvalue weighted by atomic mass is 32.1. The van der Waals surface area contributed by atoms with Gasteiger partial charge in [0.05, 0.1) is 4.99 Å². The molecule has 3 nitrogen and oxygen atoms in total. The molecule has 4 heteroatoms. The molecule has 0 unspecified atom stereocenters. The first-order chi connectivity index (χ1) is 5.20. The minimum absolute atomic E-state index is 0.469. The molecule has 4 N–H and O–H groups in total. The van der Waals surface area contributed by atoms with E-state index in [9.17, 15) is 0 Å². The molecule has 0 rings (SSSR count). The summed E-state index contributed by atoms with van der Waals surface area (Å²) in [5.74, 6) is 0. The average Bonchev–Trinajstić information content (AvgIpc) is 1.97. The maximum absolute atomic E-state index is 5.34. The Hall–Kier alpha value is -1.03. The molecule has 0 saturated carbocycles. The number of nitrogens with two attached hydrogens (primary N) is 1. The lowest BCUT2D eigenvalue weighted by Crippen LogP contribution is -2.17. The number of thiocarbonyl (C=S) groups is 1. The molecule has 0 saturated heterocycles. The third-order valence-corrected chi connectivity index (χ3v) is 1.21. The standard InChI is InChI=1S/C7H13N3S/c1-3-10-5-6(9-2)4-7(8)11/h3,5,9-10H,1,4H2,2H3,(H2,8,11)/b6-5-. The van der Waals surface area contributed by atoms with Crippen molar-refractivity contribution in [1.29, 1.82) is 0 Å². The van der Waals surface area contributed by atoms with Crippen LogP contribution in [0.25, 0.3) is 0 Å². The lowest BCUT2D eigenvalue weighted by Gasteiger charge is -2.04. The molecule has 62 valence electrons. The van der Waals surface area contributed by atoms with Crippen molar-refractivity contribution in [3.8, 4) is 0 Å². The van der Waals surface area contributed by atoms with Gasteiger partial charge in [0.15, 0.2) is 0 Å². The maximum atomic E-state index is 5.34. The van der Waals surface area contributed by atoms with Crippen molar-refractivity contribution < 1.29 is 0 Å². The largest absolute Gasteiger partial charge is 0.393 e. The number of hydrogen-bond acceptors (Lipinski definition) is 3. The lowest BCUT2D eigenvalue weighted by atomic mass is 10.3. The van der Waals surface area contributed by atoms with Gasteiger partial charge in [-0.1, -0.05) is 18.8 Å². The van der Waals surface area contributed by atoms with E-state index in [0.717, 1.165) is 5.70 Å². The summed E-state index contributed by atoms with van der Waals surface area (Å²) in [4.78, 5) is 0.469. The molecule has 0 radical (unpaired) electrons. The van der Waals surface area contributed by atoms with Gasteiger partial charge in [0.2, 0.25) is 0 Å². The predicted octanol–water partition coefficient (Wildman–Crippen LogP) is 0.457. The fourth-order valence-corrected chi connectivity index (χ4v) is 0.714. The monoisotopic (exact) mass is 171 g/mol. The van der Waals surface area contributed by atoms with E-state index in [1.807, 2.05) is 7.05 Å². The SMILES string of the molecule is C=CN/C=C(/CC(N)=S)NC. The quantitative estimate of drug-likeness (QED) is 0.526. The van der Waals surface area contributed by atoms with Crippen LogP contribution in [0.5, 0.6) is 0 Å². The summed E-state index contributed by atoms with van der Waals surface area (Å²) in [5.41, 5.74) is 6.28. The number of rotatable bonds is 5. The van der Waals surface area contributed by atoms with Gasteiger partial charge in [-0.3, -0.25) is 0 Å². The zero-order valence-electron chi connectivity index (χ0n) is 6.55. The Morgan fingerprint density at radius 3 is 2.73 bits per heavy atom. The first-order valence-electron chi connectivity index (χ1n) is 3.22. The highest BCUT2D eigenvalue weighted by Crippen LogP contribution is 1.93. The minimum Gasteiger partial charge on any atom is -0.393 e. The predicted molar refractivity (Wildman–Crippen MR) is 51.9 cm³/mol. The normalized spacial score (nSPS) is 10.5. The summed E-state index contributed by atoms with van der Waals surface area (Å²) in [6.07, 6.45) is 3.93. The second kappa shape index (κ2) is 5.73. The summed E-state index contributed by atoms with van der Waals surface area (Å²) >= 11 is 4.73. The van der Waals surface area contributed by atoms with Gasteiger partial charge >= 0.3 is 0 Å². The Kier molecular flexibility index (Phi) is 5.20. The fraction of sp³-hybridized carbons (Fsp3) is 0.286. The van der Waals surface area contributed by atoms with E-state index >= 15 is 0 Å². The van der Waals surface area contributed by atoms with Gasteiger partial charge in [-0.05, 0) is 6.20 Å². The van der Waals surface area contributed by atoms with E-state index in [1.165, 1.54) is 0 Å². The van der Waals surface area contributed by atoms with Crippen molar-refractivity contribution in [3.05, 3.63) is 24.7 Å². The van der Waals surface area contributed by atoms with E-state index in [-0.39, 0.29) is 0 Å². The van der Waals surface area contributed by atoms with Crippen LogP contribution >= 0.6 is 12.2 Å². The van der Waals surface area contributed by atoms with Crippen molar-refractivity contribution in [3.63, 3.8) is 0 Å². The molecule has 11 heavy (non-hydrogen) atoms. The maximum Gasteiger partial charge on any atom is 0.0787 e. The van der Waals surface area contributed by atoms with Gasteiger partial charge in [0.1, 0.15) is 0 Å². The van der Waals surface area contributed by atoms with Crippen LogP contribution in [0.1, 0.15) is 6.42 Å². The third kappa shape index (κ3) is 5.42. The summed E-state index contributed by atoms with van der Waals surface area (Å²) in [6, 6.07) is 0. The van der Waals surface area contributed by atoms with E-state index in [1.54, 1.807) is 12.4 Å². The Morgan fingerprint density at radius 1 is 1.73 bits per heavy atom. The molecule has 0 aliphatic rings. The van der Waals surface area contributed by atoms with Crippen LogP contribution < -0.4 is 16.4 Å². The van der Waals surface area contributed by atoms with Crippen LogP contribution in [0.2, 0.25) is 0 Å². The van der Waals surface area contributed by atoms with Crippen LogP contribution in [0.15, 0.2) is 24.7 Å². The van der Waals surface area contributed by atoms with Crippen molar-refractivity contribution in [1.82, 2.24) is 10.6 Å². The van der Waals surface area contributed by atoms with Crippen molar-refractivity contribution in [2.24, 2.45) is 5.73 Å². The zero-order valence-corrected chi connectivity index (χ0v) is 7.37. The Balaban J connectivity index is 3.92. The van der Waals surface area contributed by atoms with Crippen LogP contribution in [0.4, 0.5) is 0 Å². The van der Waals surface area contributed by atoms with Crippen molar-refractivity contribution in [2.75, 3.05) is 7.05 Å². The van der Waals surface area contributed by atoms with Gasteiger partial charge in [-0.2, -0.15) is 0 Å². The van der Waals surface area contributed by atoms with Crippen molar-refractivity contribution in [2.45, 2.75) is 6.42 Å². The molecule has 0 heterocycles. The fourth-order valence-electron chi connectivity index (χ4n) is 0.559. The van der Waals surface area contributed by atoms with E-state index < -0.39 is 0 Å². The average molecular weight is 171 g/mol. The van der Waals surface area contributed by atoms with Gasteiger partial charge in [-0.15, -0.1) is 0 Å². The van der Waals surface area contributed by atoms with Gasteiger partial charge in [-0.25, -0.2) is 0 Å². The van der Waals surface area contributed by atoms with E-state index in [0.29, 0.717) is 11.4 Å². The van der Waals surface area contributed by atoms with Crippen LogP contribution in [-0.2, 0) is 0 Å². The molecule has 0 aromatic carbocycles. The van der Waals surface area contributed by atoms with E-state index in [2.05, 4.69) is 17.2 Å². The molecule has 0 bridgehead atoms. The van der Waals surface area contributed by atoms with Gasteiger partial charge in [0, 0.05) is 25.4 Å². The minimum atomic E-state index is 0.469. The van der Waals surface area contributed by atoms with E-state index in [4.69, 9.17) is 18.0 Å². The van der Waals surface area contributed by atoms with Gasteiger partial charge in [0.25, 0.3) is 0 Å². The first kappa shape index (κ1) is 9.97. The molecule has 0 aromatic rings. The summed E-state index contributed by atoms with van der Waals surface area (Å²) in [5, 5.41) is 5.78. The Bertz CT molecular complexity index is 175. The number of hydrogen-bond donors (Lipinski definition) is 3. The van der Waals surface area contributed by atoms with Crippen LogP contribution in [-0.4, -0.2) is 12.0 Å². The third-order valence-electron chi connectivity index (χ3n) is 1.06. The van der Waals surface area contributed by atoms with Crippen molar-refractivity contribution >= 4 is 17.2 Å². The molecule has 0 atom stereocenters. The highest BCUT2D eigenvalue weighted by molar-refractivity contribution is 7.80. The molecule has 0 amide bonds. The summed E-state index contributed by atoms with van der Waals surface area (Å²) < 4.78 is 0. The molecular weight excluding hydrogens is 158 g/mol. The smallest absolute Gasteiger partial charge is 0.0787 e. The molecular formula is C7H13N3S. The second-order valence-corrected chi connectivity index (χ2v) is 2.46. The lowest BCUT2D eigenvalue weighted by molar-refractivity contribution is 0.928. The highest BCUT2D eigenvalue weighted by Gasteiger charge is 1.94. The Labute approximate surface area is 72.3 Å². The second-order valence-electron chi connectivity index (χ2n) is 1.93. The topological polar surface area (TPSA) is 50.1 Å². The molecule has 0 spiro atoms. The Morgan fingerprint density at radius 2 is 2.36 bits per heavy atom. The molecule has 0 aliphatic carbocycles. The molecule has 0 aliphatic heterocycles. The summed E-state index contributed by atoms with van der Waals surface area (Å²) in [6.45, 7) is 3.50. The van der Waals surface area contributed by atoms with Crippen LogP contribution in [0, 0.1) is 0 Å². The van der Waals surface area contributed by atoms with Crippen LogP contribution in [0.3, 0.4) is 0 Å². The summed E-state index contributed by atoms with van der Waals surface area (Å²) in [7, 11) is 1.81. The first-order valence-corrected chi connectivity index (χ1v) is 3.63. The zero-order chi connectivity index (χ0) is 8.69. The molecule has 0 aromatic heterocycles. The number of nitrogens with one attached hydrogen (secondary N) is 2. The molecule has 0 fully saturated rings.